The van der Waals surface area contributed by atoms with E-state index >= 15 is 0 Å². The third-order valence-electron chi connectivity index (χ3n) is 5.62. The third kappa shape index (κ3) is 4.72. The number of thioether (sulfide) groups is 1. The van der Waals surface area contributed by atoms with E-state index in [0.717, 1.165) is 30.2 Å². The number of carbonyl (C=O) groups excluding carboxylic acids is 1. The molecule has 0 bridgehead atoms. The van der Waals surface area contributed by atoms with Crippen LogP contribution in [-0.4, -0.2) is 21.5 Å². The maximum Gasteiger partial charge on any atom is 0.266 e. The summed E-state index contributed by atoms with van der Waals surface area (Å²) in [6, 6.07) is 18.5. The number of nitrogens with one attached hydrogen (secondary N) is 1. The Morgan fingerprint density at radius 2 is 1.91 bits per heavy atom. The largest absolute Gasteiger partial charge is 0.352 e. The summed E-state index contributed by atoms with van der Waals surface area (Å²) in [6.07, 6.45) is 1.88. The summed E-state index contributed by atoms with van der Waals surface area (Å²) in [5.74, 6) is -0.583. The molecule has 4 aromatic rings. The maximum atomic E-state index is 13.6. The first kappa shape index (κ1) is 22.6. The molecule has 1 fully saturated rings. The van der Waals surface area contributed by atoms with Gasteiger partial charge >= 0.3 is 0 Å². The summed E-state index contributed by atoms with van der Waals surface area (Å²) in [5, 5.41) is 3.55. The van der Waals surface area contributed by atoms with Gasteiger partial charge in [-0.2, -0.15) is 0 Å². The highest BCUT2D eigenvalue weighted by Gasteiger charge is 2.30. The number of aromatic nitrogens is 2. The zero-order valence-electron chi connectivity index (χ0n) is 18.3. The molecule has 8 heteroatoms. The first-order valence-electron chi connectivity index (χ1n) is 10.9. The first-order valence-corrected chi connectivity index (χ1v) is 12.2. The Hall–Kier alpha value is -3.16. The van der Waals surface area contributed by atoms with Gasteiger partial charge in [0.25, 0.3) is 5.56 Å². The van der Waals surface area contributed by atoms with Crippen molar-refractivity contribution in [2.45, 2.75) is 36.2 Å². The number of hydrogen-bond donors (Lipinski definition) is 1. The van der Waals surface area contributed by atoms with E-state index in [0.29, 0.717) is 32.3 Å². The van der Waals surface area contributed by atoms with Crippen LogP contribution in [0.15, 0.2) is 76.7 Å². The van der Waals surface area contributed by atoms with Crippen LogP contribution in [0, 0.1) is 12.7 Å². The van der Waals surface area contributed by atoms with Crippen molar-refractivity contribution >= 4 is 40.2 Å². The summed E-state index contributed by atoms with van der Waals surface area (Å²) in [5.41, 5.74) is 2.45. The molecule has 1 atom stereocenters. The average molecular weight is 494 g/mol. The number of rotatable bonds is 6. The van der Waals surface area contributed by atoms with E-state index in [1.807, 2.05) is 31.2 Å². The zero-order valence-corrected chi connectivity index (χ0v) is 19.9. The Kier molecular flexibility index (Phi) is 6.15. The Morgan fingerprint density at radius 1 is 1.15 bits per heavy atom. The van der Waals surface area contributed by atoms with Gasteiger partial charge in [-0.1, -0.05) is 47.6 Å². The molecule has 1 aliphatic carbocycles. The topological polar surface area (TPSA) is 64.0 Å². The van der Waals surface area contributed by atoms with Gasteiger partial charge in [-0.05, 0) is 73.4 Å². The first-order chi connectivity index (χ1) is 16.4. The van der Waals surface area contributed by atoms with Crippen molar-refractivity contribution in [3.05, 3.63) is 99.1 Å². The van der Waals surface area contributed by atoms with Gasteiger partial charge in [0, 0.05) is 11.1 Å². The summed E-state index contributed by atoms with van der Waals surface area (Å²) < 4.78 is 15.1. The molecular formula is C26H21ClFN3O2S. The van der Waals surface area contributed by atoms with Crippen LogP contribution in [0.1, 0.15) is 29.2 Å². The molecule has 0 aliphatic heterocycles. The number of amides is 1. The summed E-state index contributed by atoms with van der Waals surface area (Å²) in [7, 11) is 0. The summed E-state index contributed by atoms with van der Waals surface area (Å²) in [4.78, 5) is 31.6. The van der Waals surface area contributed by atoms with E-state index < -0.39 is 5.25 Å². The molecule has 172 valence electrons. The minimum atomic E-state index is -0.721. The molecule has 5 rings (SSSR count). The summed E-state index contributed by atoms with van der Waals surface area (Å²) >= 11 is 7.34. The summed E-state index contributed by atoms with van der Waals surface area (Å²) in [6.45, 7) is 1.94. The number of fused-ring (bicyclic) bond motifs is 1. The number of benzene rings is 3. The van der Waals surface area contributed by atoms with Gasteiger partial charge in [0.1, 0.15) is 11.1 Å². The lowest BCUT2D eigenvalue weighted by Crippen LogP contribution is -2.30. The molecule has 1 aliphatic rings. The van der Waals surface area contributed by atoms with Gasteiger partial charge in [0.15, 0.2) is 5.16 Å². The predicted octanol–water partition coefficient (Wildman–Crippen LogP) is 5.60. The van der Waals surface area contributed by atoms with Crippen molar-refractivity contribution < 1.29 is 9.18 Å². The van der Waals surface area contributed by atoms with E-state index in [4.69, 9.17) is 16.6 Å². The fourth-order valence-corrected chi connectivity index (χ4v) is 5.02. The Balaban J connectivity index is 1.68. The van der Waals surface area contributed by atoms with Gasteiger partial charge in [0.05, 0.1) is 16.6 Å². The molecule has 0 spiro atoms. The molecule has 0 saturated heterocycles. The molecule has 1 aromatic heterocycles. The normalized spacial score (nSPS) is 14.2. The second-order valence-electron chi connectivity index (χ2n) is 8.37. The van der Waals surface area contributed by atoms with Crippen LogP contribution in [-0.2, 0) is 4.79 Å². The molecule has 0 radical (unpaired) electrons. The van der Waals surface area contributed by atoms with Crippen molar-refractivity contribution in [1.82, 2.24) is 14.9 Å². The van der Waals surface area contributed by atoms with Crippen molar-refractivity contribution in [3.8, 4) is 5.69 Å². The minimum absolute atomic E-state index is 0.151. The number of hydrogen-bond acceptors (Lipinski definition) is 4. The highest BCUT2D eigenvalue weighted by atomic mass is 35.5. The number of halogens is 2. The van der Waals surface area contributed by atoms with Crippen LogP contribution in [0.25, 0.3) is 16.6 Å². The molecule has 3 aromatic carbocycles. The molecular weight excluding hydrogens is 473 g/mol. The van der Waals surface area contributed by atoms with Gasteiger partial charge < -0.3 is 5.32 Å². The van der Waals surface area contributed by atoms with Gasteiger partial charge in [-0.15, -0.1) is 0 Å². The monoisotopic (exact) mass is 493 g/mol. The van der Waals surface area contributed by atoms with E-state index in [2.05, 4.69) is 5.32 Å². The third-order valence-corrected chi connectivity index (χ3v) is 7.06. The van der Waals surface area contributed by atoms with Crippen LogP contribution in [0.4, 0.5) is 4.39 Å². The van der Waals surface area contributed by atoms with Crippen molar-refractivity contribution in [2.24, 2.45) is 0 Å². The van der Waals surface area contributed by atoms with Crippen LogP contribution >= 0.6 is 23.4 Å². The lowest BCUT2D eigenvalue weighted by atomic mass is 10.1. The second-order valence-corrected chi connectivity index (χ2v) is 9.88. The molecule has 34 heavy (non-hydrogen) atoms. The highest BCUT2D eigenvalue weighted by Crippen LogP contribution is 2.37. The lowest BCUT2D eigenvalue weighted by Gasteiger charge is -2.20. The van der Waals surface area contributed by atoms with Gasteiger partial charge in [-0.3, -0.25) is 14.2 Å². The van der Waals surface area contributed by atoms with Crippen LogP contribution in [0.3, 0.4) is 0 Å². The number of aryl methyl sites for hydroxylation is 1. The van der Waals surface area contributed by atoms with Crippen molar-refractivity contribution in [2.75, 3.05) is 0 Å². The average Bonchev–Trinajstić information content (AvgIpc) is 3.62. The molecule has 5 nitrogen and oxygen atoms in total. The minimum Gasteiger partial charge on any atom is -0.352 e. The fourth-order valence-electron chi connectivity index (χ4n) is 3.73. The van der Waals surface area contributed by atoms with Crippen molar-refractivity contribution in [1.29, 1.82) is 0 Å². The quantitative estimate of drug-likeness (QED) is 0.280. The van der Waals surface area contributed by atoms with E-state index in [9.17, 15) is 14.0 Å². The van der Waals surface area contributed by atoms with Crippen LogP contribution < -0.4 is 10.9 Å². The number of nitrogens with zero attached hydrogens (tertiary/aromatic N) is 2. The van der Waals surface area contributed by atoms with Crippen molar-refractivity contribution in [3.63, 3.8) is 0 Å². The molecule has 1 amide bonds. The maximum absolute atomic E-state index is 13.6. The SMILES string of the molecule is Cc1cccc(-n2c(S[C@@H](C(=O)NC3CC3)c3ccc(F)cc3)nc3cc(Cl)ccc3c2=O)c1. The number of carbonyl (C=O) groups is 1. The Labute approximate surface area is 205 Å². The van der Waals surface area contributed by atoms with E-state index in [1.165, 1.54) is 16.7 Å². The molecule has 1 heterocycles. The molecule has 1 saturated carbocycles. The predicted molar refractivity (Wildman–Crippen MR) is 133 cm³/mol. The zero-order chi connectivity index (χ0) is 23.8. The standard InChI is InChI=1S/C26H21ClFN3O2S/c1-15-3-2-4-20(13-15)31-25(33)21-12-7-17(27)14-22(21)30-26(31)34-23(24(32)29-19-10-11-19)16-5-8-18(28)9-6-16/h2-9,12-14,19,23H,10-11H2,1H3,(H,29,32)/t23-/m1/s1. The molecule has 1 N–H and O–H groups in total. The molecule has 0 unspecified atom stereocenters. The van der Waals surface area contributed by atoms with Gasteiger partial charge in [-0.25, -0.2) is 9.37 Å². The van der Waals surface area contributed by atoms with E-state index in [-0.39, 0.29) is 23.3 Å². The smallest absolute Gasteiger partial charge is 0.266 e. The van der Waals surface area contributed by atoms with Crippen LogP contribution in [0.5, 0.6) is 0 Å². The fraction of sp³-hybridized carbons (Fsp3) is 0.192. The highest BCUT2D eigenvalue weighted by molar-refractivity contribution is 8.00. The van der Waals surface area contributed by atoms with E-state index in [1.54, 1.807) is 30.3 Å². The Morgan fingerprint density at radius 3 is 2.62 bits per heavy atom. The lowest BCUT2D eigenvalue weighted by molar-refractivity contribution is -0.120. The Bertz CT molecular complexity index is 1450. The second kappa shape index (κ2) is 9.24. The van der Waals surface area contributed by atoms with Crippen LogP contribution in [0.2, 0.25) is 5.02 Å². The van der Waals surface area contributed by atoms with Gasteiger partial charge in [0.2, 0.25) is 5.91 Å².